The molecule has 3 heteroatoms. The molecule has 0 amide bonds. The highest BCUT2D eigenvalue weighted by molar-refractivity contribution is 5.03. The molecule has 0 aromatic carbocycles. The highest BCUT2D eigenvalue weighted by Crippen LogP contribution is 2.35. The number of hydrogen-bond donors (Lipinski definition) is 1. The summed E-state index contributed by atoms with van der Waals surface area (Å²) in [7, 11) is 4.32. The number of nitrogens with one attached hydrogen (secondary N) is 1. The zero-order valence-electron chi connectivity index (χ0n) is 13.1. The molecular formula is C17H29N3. The SMILES string of the molecule is CNCC1(CN(C)Cc2ccccn2)CCCCCC1. The van der Waals surface area contributed by atoms with E-state index in [4.69, 9.17) is 0 Å². The van der Waals surface area contributed by atoms with Crippen LogP contribution in [0.1, 0.15) is 44.2 Å². The molecule has 0 atom stereocenters. The van der Waals surface area contributed by atoms with Crippen molar-refractivity contribution in [2.75, 3.05) is 27.2 Å². The van der Waals surface area contributed by atoms with Crippen molar-refractivity contribution in [3.05, 3.63) is 30.1 Å². The topological polar surface area (TPSA) is 28.2 Å². The molecule has 0 unspecified atom stereocenters. The lowest BCUT2D eigenvalue weighted by atomic mass is 9.79. The largest absolute Gasteiger partial charge is 0.319 e. The molecule has 2 rings (SSSR count). The Morgan fingerprint density at radius 1 is 1.20 bits per heavy atom. The maximum absolute atomic E-state index is 4.44. The molecule has 3 nitrogen and oxygen atoms in total. The highest BCUT2D eigenvalue weighted by atomic mass is 15.1. The first-order valence-corrected chi connectivity index (χ1v) is 7.97. The molecule has 0 spiro atoms. The maximum atomic E-state index is 4.44. The van der Waals surface area contributed by atoms with Crippen molar-refractivity contribution in [1.29, 1.82) is 0 Å². The first-order valence-electron chi connectivity index (χ1n) is 7.97. The van der Waals surface area contributed by atoms with Crippen molar-refractivity contribution < 1.29 is 0 Å². The lowest BCUT2D eigenvalue weighted by molar-refractivity contribution is 0.143. The zero-order chi connectivity index (χ0) is 14.3. The zero-order valence-corrected chi connectivity index (χ0v) is 13.1. The Bertz CT molecular complexity index is 369. The first kappa shape index (κ1) is 15.5. The van der Waals surface area contributed by atoms with E-state index in [9.17, 15) is 0 Å². The molecule has 1 N–H and O–H groups in total. The number of hydrogen-bond acceptors (Lipinski definition) is 3. The van der Waals surface area contributed by atoms with Crippen LogP contribution in [0, 0.1) is 5.41 Å². The van der Waals surface area contributed by atoms with E-state index in [1.165, 1.54) is 50.8 Å². The standard InChI is InChI=1S/C17H29N3/c1-18-14-17(10-6-3-4-7-11-17)15-20(2)13-16-9-5-8-12-19-16/h5,8-9,12,18H,3-4,6-7,10-11,13-15H2,1-2H3. The summed E-state index contributed by atoms with van der Waals surface area (Å²) in [5, 5.41) is 3.43. The van der Waals surface area contributed by atoms with E-state index < -0.39 is 0 Å². The molecule has 1 heterocycles. The molecular weight excluding hydrogens is 246 g/mol. The molecule has 1 saturated carbocycles. The average molecular weight is 275 g/mol. The minimum atomic E-state index is 0.453. The van der Waals surface area contributed by atoms with E-state index in [-0.39, 0.29) is 0 Å². The van der Waals surface area contributed by atoms with Crippen LogP contribution in [-0.4, -0.2) is 37.1 Å². The van der Waals surface area contributed by atoms with Gasteiger partial charge in [0.1, 0.15) is 0 Å². The smallest absolute Gasteiger partial charge is 0.0543 e. The van der Waals surface area contributed by atoms with Crippen molar-refractivity contribution >= 4 is 0 Å². The highest BCUT2D eigenvalue weighted by Gasteiger charge is 2.31. The van der Waals surface area contributed by atoms with Gasteiger partial charge >= 0.3 is 0 Å². The summed E-state index contributed by atoms with van der Waals surface area (Å²) >= 11 is 0. The molecule has 0 radical (unpaired) electrons. The molecule has 1 aliphatic carbocycles. The van der Waals surface area contributed by atoms with Gasteiger partial charge in [-0.1, -0.05) is 31.7 Å². The van der Waals surface area contributed by atoms with Crippen molar-refractivity contribution in [3.8, 4) is 0 Å². The van der Waals surface area contributed by atoms with Crippen LogP contribution in [0.3, 0.4) is 0 Å². The second-order valence-electron chi connectivity index (χ2n) is 6.44. The molecule has 0 aliphatic heterocycles. The summed E-state index contributed by atoms with van der Waals surface area (Å²) in [6.45, 7) is 3.26. The Labute approximate surface area is 123 Å². The molecule has 1 fully saturated rings. The van der Waals surface area contributed by atoms with Crippen LogP contribution in [0.5, 0.6) is 0 Å². The number of aromatic nitrogens is 1. The summed E-state index contributed by atoms with van der Waals surface area (Å²) in [6, 6.07) is 6.18. The van der Waals surface area contributed by atoms with Crippen LogP contribution >= 0.6 is 0 Å². The fourth-order valence-electron chi connectivity index (χ4n) is 3.64. The van der Waals surface area contributed by atoms with E-state index in [0.29, 0.717) is 5.41 Å². The third-order valence-corrected chi connectivity index (χ3v) is 4.48. The van der Waals surface area contributed by atoms with E-state index in [0.717, 1.165) is 13.1 Å². The van der Waals surface area contributed by atoms with Crippen LogP contribution in [-0.2, 0) is 6.54 Å². The Balaban J connectivity index is 1.96. The number of rotatable bonds is 6. The summed E-state index contributed by atoms with van der Waals surface area (Å²) in [4.78, 5) is 6.89. The third-order valence-electron chi connectivity index (χ3n) is 4.48. The maximum Gasteiger partial charge on any atom is 0.0543 e. The quantitative estimate of drug-likeness (QED) is 0.809. The van der Waals surface area contributed by atoms with Gasteiger partial charge < -0.3 is 5.32 Å². The molecule has 0 bridgehead atoms. The first-order chi connectivity index (χ1) is 9.74. The van der Waals surface area contributed by atoms with E-state index in [2.05, 4.69) is 41.4 Å². The average Bonchev–Trinajstić information content (AvgIpc) is 2.66. The van der Waals surface area contributed by atoms with Gasteiger partial charge in [0.2, 0.25) is 0 Å². The van der Waals surface area contributed by atoms with E-state index >= 15 is 0 Å². The minimum Gasteiger partial charge on any atom is -0.319 e. The summed E-state index contributed by atoms with van der Waals surface area (Å²) < 4.78 is 0. The van der Waals surface area contributed by atoms with Gasteiger partial charge in [0.25, 0.3) is 0 Å². The summed E-state index contributed by atoms with van der Waals surface area (Å²) in [5.41, 5.74) is 1.62. The van der Waals surface area contributed by atoms with Gasteiger partial charge in [0.15, 0.2) is 0 Å². The predicted octanol–water partition coefficient (Wildman–Crippen LogP) is 3.07. The van der Waals surface area contributed by atoms with Gasteiger partial charge in [-0.05, 0) is 44.5 Å². The van der Waals surface area contributed by atoms with E-state index in [1.807, 2.05) is 12.3 Å². The van der Waals surface area contributed by atoms with E-state index in [1.54, 1.807) is 0 Å². The molecule has 112 valence electrons. The van der Waals surface area contributed by atoms with Gasteiger partial charge in [0, 0.05) is 25.8 Å². The lowest BCUT2D eigenvalue weighted by Crippen LogP contribution is -2.41. The Hall–Kier alpha value is -0.930. The fourth-order valence-corrected chi connectivity index (χ4v) is 3.64. The number of nitrogens with zero attached hydrogens (tertiary/aromatic N) is 2. The van der Waals surface area contributed by atoms with Crippen LogP contribution in [0.2, 0.25) is 0 Å². The van der Waals surface area contributed by atoms with Gasteiger partial charge in [0.05, 0.1) is 5.69 Å². The Morgan fingerprint density at radius 3 is 2.55 bits per heavy atom. The van der Waals surface area contributed by atoms with Crippen LogP contribution in [0.25, 0.3) is 0 Å². The molecule has 1 aromatic heterocycles. The minimum absolute atomic E-state index is 0.453. The van der Waals surface area contributed by atoms with Gasteiger partial charge in [-0.25, -0.2) is 0 Å². The monoisotopic (exact) mass is 275 g/mol. The van der Waals surface area contributed by atoms with Crippen molar-refractivity contribution in [2.24, 2.45) is 5.41 Å². The Kier molecular flexibility index (Phi) is 5.99. The lowest BCUT2D eigenvalue weighted by Gasteiger charge is -2.36. The van der Waals surface area contributed by atoms with Crippen molar-refractivity contribution in [2.45, 2.75) is 45.1 Å². The number of pyridine rings is 1. The molecule has 1 aromatic rings. The Morgan fingerprint density at radius 2 is 1.95 bits per heavy atom. The van der Waals surface area contributed by atoms with Gasteiger partial charge in [-0.15, -0.1) is 0 Å². The summed E-state index contributed by atoms with van der Waals surface area (Å²) in [6.07, 6.45) is 10.2. The third kappa shape index (κ3) is 4.57. The van der Waals surface area contributed by atoms with Crippen LogP contribution < -0.4 is 5.32 Å². The second kappa shape index (κ2) is 7.75. The molecule has 1 aliphatic rings. The molecule has 20 heavy (non-hydrogen) atoms. The second-order valence-corrected chi connectivity index (χ2v) is 6.44. The normalized spacial score (nSPS) is 18.9. The van der Waals surface area contributed by atoms with Crippen molar-refractivity contribution in [1.82, 2.24) is 15.2 Å². The predicted molar refractivity (Wildman–Crippen MR) is 84.6 cm³/mol. The molecule has 0 saturated heterocycles. The van der Waals surface area contributed by atoms with Crippen molar-refractivity contribution in [3.63, 3.8) is 0 Å². The fraction of sp³-hybridized carbons (Fsp3) is 0.706. The van der Waals surface area contributed by atoms with Gasteiger partial charge in [-0.2, -0.15) is 0 Å². The van der Waals surface area contributed by atoms with Gasteiger partial charge in [-0.3, -0.25) is 9.88 Å². The van der Waals surface area contributed by atoms with Crippen LogP contribution in [0.15, 0.2) is 24.4 Å². The summed E-state index contributed by atoms with van der Waals surface area (Å²) in [5.74, 6) is 0. The van der Waals surface area contributed by atoms with Crippen LogP contribution in [0.4, 0.5) is 0 Å².